The van der Waals surface area contributed by atoms with Crippen LogP contribution in [0.15, 0.2) is 53.9 Å². The van der Waals surface area contributed by atoms with Crippen LogP contribution in [0.3, 0.4) is 0 Å². The van der Waals surface area contributed by atoms with Crippen LogP contribution in [0.2, 0.25) is 0 Å². The number of carbonyl (C=O) groups is 1. The van der Waals surface area contributed by atoms with E-state index < -0.39 is 12.8 Å². The van der Waals surface area contributed by atoms with Crippen molar-refractivity contribution in [3.8, 4) is 22.1 Å². The van der Waals surface area contributed by atoms with E-state index in [4.69, 9.17) is 4.74 Å². The van der Waals surface area contributed by atoms with Gasteiger partial charge in [0.15, 0.2) is 6.61 Å². The number of thiazole rings is 1. The molecule has 0 bridgehead atoms. The van der Waals surface area contributed by atoms with E-state index >= 15 is 0 Å². The smallest absolute Gasteiger partial charge is 0.422 e. The Morgan fingerprint density at radius 1 is 1.07 bits per heavy atom. The summed E-state index contributed by atoms with van der Waals surface area (Å²) in [6, 6.07) is 13.4. The van der Waals surface area contributed by atoms with Crippen LogP contribution in [0.4, 0.5) is 13.2 Å². The maximum Gasteiger partial charge on any atom is 0.422 e. The average Bonchev–Trinajstić information content (AvgIpc) is 3.21. The van der Waals surface area contributed by atoms with Crippen molar-refractivity contribution in [1.82, 2.24) is 10.3 Å². The first-order valence-corrected chi connectivity index (χ1v) is 9.39. The first-order chi connectivity index (χ1) is 13.8. The van der Waals surface area contributed by atoms with E-state index in [0.29, 0.717) is 10.7 Å². The lowest BCUT2D eigenvalue weighted by Crippen LogP contribution is -2.23. The topological polar surface area (TPSA) is 60.5 Å². The largest absolute Gasteiger partial charge is 0.497 e. The number of nitrogens with one attached hydrogen (secondary N) is 1. The molecule has 1 amide bonds. The molecule has 0 spiro atoms. The summed E-state index contributed by atoms with van der Waals surface area (Å²) in [5.74, 6) is 0.512. The van der Waals surface area contributed by atoms with Gasteiger partial charge in [0.25, 0.3) is 5.91 Å². The number of halogens is 3. The van der Waals surface area contributed by atoms with E-state index in [-0.39, 0.29) is 18.2 Å². The third-order valence-corrected chi connectivity index (χ3v) is 4.74. The highest BCUT2D eigenvalue weighted by atomic mass is 32.1. The predicted octanol–water partition coefficient (Wildman–Crippen LogP) is 4.69. The Morgan fingerprint density at radius 2 is 1.72 bits per heavy atom. The Hall–Kier alpha value is -3.07. The van der Waals surface area contributed by atoms with Gasteiger partial charge in [-0.1, -0.05) is 12.1 Å². The molecule has 0 radical (unpaired) electrons. The molecule has 0 saturated heterocycles. The molecule has 1 heterocycles. The molecule has 29 heavy (non-hydrogen) atoms. The van der Waals surface area contributed by atoms with Crippen LogP contribution in [0.1, 0.15) is 16.1 Å². The minimum absolute atomic E-state index is 0.112. The number of hydrogen-bond donors (Lipinski definition) is 1. The molecule has 0 aliphatic carbocycles. The van der Waals surface area contributed by atoms with Crippen molar-refractivity contribution >= 4 is 17.2 Å². The van der Waals surface area contributed by atoms with E-state index in [0.717, 1.165) is 16.9 Å². The van der Waals surface area contributed by atoms with Gasteiger partial charge < -0.3 is 14.8 Å². The van der Waals surface area contributed by atoms with Crippen molar-refractivity contribution in [2.45, 2.75) is 12.7 Å². The molecule has 2 aromatic carbocycles. The second-order valence-corrected chi connectivity index (χ2v) is 6.85. The molecular weight excluding hydrogens is 405 g/mol. The number of methoxy groups -OCH3 is 1. The summed E-state index contributed by atoms with van der Waals surface area (Å²) < 4.78 is 46.2. The zero-order valence-corrected chi connectivity index (χ0v) is 16.1. The van der Waals surface area contributed by atoms with Crippen LogP contribution in [0.5, 0.6) is 11.5 Å². The summed E-state index contributed by atoms with van der Waals surface area (Å²) in [5.41, 5.74) is 1.90. The van der Waals surface area contributed by atoms with Gasteiger partial charge in [0.1, 0.15) is 22.2 Å². The monoisotopic (exact) mass is 422 g/mol. The molecule has 1 aromatic heterocycles. The fraction of sp³-hybridized carbons (Fsp3) is 0.200. The molecule has 0 unspecified atom stereocenters. The first-order valence-electron chi connectivity index (χ1n) is 8.51. The number of ether oxygens (including phenoxy) is 2. The maximum absolute atomic E-state index is 12.3. The Bertz CT molecular complexity index is 954. The standard InChI is InChI=1S/C20H17F3N2O3S/c1-27-15-8-4-14(5-9-15)19-25-17(11-29-19)18(26)24-10-13-2-6-16(7-3-13)28-12-20(21,22)23/h2-9,11H,10,12H2,1H3,(H,24,26). The van der Waals surface area contributed by atoms with Gasteiger partial charge in [0.05, 0.1) is 7.11 Å². The van der Waals surface area contributed by atoms with Gasteiger partial charge in [-0.05, 0) is 42.0 Å². The lowest BCUT2D eigenvalue weighted by molar-refractivity contribution is -0.153. The lowest BCUT2D eigenvalue weighted by atomic mass is 10.2. The van der Waals surface area contributed by atoms with E-state index in [2.05, 4.69) is 15.0 Å². The van der Waals surface area contributed by atoms with Crippen molar-refractivity contribution in [2.75, 3.05) is 13.7 Å². The van der Waals surface area contributed by atoms with E-state index in [1.165, 1.54) is 23.5 Å². The third kappa shape index (κ3) is 5.95. The maximum atomic E-state index is 12.3. The quantitative estimate of drug-likeness (QED) is 0.600. The van der Waals surface area contributed by atoms with E-state index in [1.54, 1.807) is 24.6 Å². The Balaban J connectivity index is 1.55. The Kier molecular flexibility index (Phi) is 6.38. The second-order valence-electron chi connectivity index (χ2n) is 6.00. The molecule has 5 nitrogen and oxygen atoms in total. The third-order valence-electron chi connectivity index (χ3n) is 3.85. The van der Waals surface area contributed by atoms with Crippen LogP contribution in [0, 0.1) is 0 Å². The number of rotatable bonds is 7. The summed E-state index contributed by atoms with van der Waals surface area (Å²) in [6.07, 6.45) is -4.38. The molecule has 1 N–H and O–H groups in total. The number of nitrogens with zero attached hydrogens (tertiary/aromatic N) is 1. The molecule has 9 heteroatoms. The van der Waals surface area contributed by atoms with Crippen molar-refractivity contribution < 1.29 is 27.4 Å². The Morgan fingerprint density at radius 3 is 2.34 bits per heavy atom. The fourth-order valence-electron chi connectivity index (χ4n) is 2.39. The van der Waals surface area contributed by atoms with E-state index in [9.17, 15) is 18.0 Å². The number of benzene rings is 2. The van der Waals surface area contributed by atoms with Gasteiger partial charge in [0, 0.05) is 17.5 Å². The van der Waals surface area contributed by atoms with Gasteiger partial charge in [-0.3, -0.25) is 4.79 Å². The molecule has 0 aliphatic heterocycles. The van der Waals surface area contributed by atoms with Gasteiger partial charge in [-0.2, -0.15) is 13.2 Å². The summed E-state index contributed by atoms with van der Waals surface area (Å²) in [4.78, 5) is 16.7. The van der Waals surface area contributed by atoms with Crippen LogP contribution in [0.25, 0.3) is 10.6 Å². The lowest BCUT2D eigenvalue weighted by Gasteiger charge is -2.09. The zero-order valence-electron chi connectivity index (χ0n) is 15.3. The molecule has 3 aromatic rings. The number of hydrogen-bond acceptors (Lipinski definition) is 5. The number of aromatic nitrogens is 1. The molecule has 0 atom stereocenters. The van der Waals surface area contributed by atoms with Gasteiger partial charge in [0.2, 0.25) is 0 Å². The molecular formula is C20H17F3N2O3S. The van der Waals surface area contributed by atoms with Crippen LogP contribution < -0.4 is 14.8 Å². The highest BCUT2D eigenvalue weighted by molar-refractivity contribution is 7.13. The molecule has 0 saturated carbocycles. The summed E-state index contributed by atoms with van der Waals surface area (Å²) in [6.45, 7) is -1.13. The molecule has 3 rings (SSSR count). The van der Waals surface area contributed by atoms with Crippen molar-refractivity contribution in [3.05, 3.63) is 65.2 Å². The van der Waals surface area contributed by atoms with Gasteiger partial charge in [-0.15, -0.1) is 11.3 Å². The van der Waals surface area contributed by atoms with Crippen LogP contribution >= 0.6 is 11.3 Å². The predicted molar refractivity (Wildman–Crippen MR) is 103 cm³/mol. The second kappa shape index (κ2) is 8.95. The Labute approximate surface area is 169 Å². The minimum atomic E-state index is -4.38. The number of alkyl halides is 3. The van der Waals surface area contributed by atoms with Gasteiger partial charge >= 0.3 is 6.18 Å². The zero-order chi connectivity index (χ0) is 20.9. The summed E-state index contributed by atoms with van der Waals surface area (Å²) >= 11 is 1.35. The van der Waals surface area contributed by atoms with Crippen molar-refractivity contribution in [1.29, 1.82) is 0 Å². The summed E-state index contributed by atoms with van der Waals surface area (Å²) in [7, 11) is 1.59. The van der Waals surface area contributed by atoms with Crippen LogP contribution in [-0.2, 0) is 6.54 Å². The average molecular weight is 422 g/mol. The fourth-order valence-corrected chi connectivity index (χ4v) is 3.19. The van der Waals surface area contributed by atoms with Crippen LogP contribution in [-0.4, -0.2) is 30.8 Å². The first kappa shape index (κ1) is 20.7. The normalized spacial score (nSPS) is 11.2. The summed E-state index contributed by atoms with van der Waals surface area (Å²) in [5, 5.41) is 5.12. The molecule has 0 fully saturated rings. The highest BCUT2D eigenvalue weighted by Gasteiger charge is 2.28. The molecule has 0 aliphatic rings. The SMILES string of the molecule is COc1ccc(-c2nc(C(=O)NCc3ccc(OCC(F)(F)F)cc3)cs2)cc1. The number of amides is 1. The number of carbonyl (C=O) groups excluding carboxylic acids is 1. The van der Waals surface area contributed by atoms with E-state index in [1.807, 2.05) is 24.3 Å². The van der Waals surface area contributed by atoms with Crippen molar-refractivity contribution in [3.63, 3.8) is 0 Å². The van der Waals surface area contributed by atoms with Crippen molar-refractivity contribution in [2.24, 2.45) is 0 Å². The highest BCUT2D eigenvalue weighted by Crippen LogP contribution is 2.25. The van der Waals surface area contributed by atoms with Gasteiger partial charge in [-0.25, -0.2) is 4.98 Å². The molecule has 152 valence electrons. The minimum Gasteiger partial charge on any atom is -0.497 e.